The zero-order valence-corrected chi connectivity index (χ0v) is 12.8. The van der Waals surface area contributed by atoms with Crippen molar-refractivity contribution in [3.8, 4) is 5.75 Å². The van der Waals surface area contributed by atoms with Crippen LogP contribution in [0.1, 0.15) is 29.2 Å². The normalized spacial score (nSPS) is 13.5. The number of ether oxygens (including phenoxy) is 1. The summed E-state index contributed by atoms with van der Waals surface area (Å²) in [5.74, 6) is 0.318. The Hall–Kier alpha value is -2.92. The van der Waals surface area contributed by atoms with E-state index in [9.17, 15) is 19.1 Å². The van der Waals surface area contributed by atoms with Gasteiger partial charge in [-0.25, -0.2) is 14.2 Å². The van der Waals surface area contributed by atoms with Gasteiger partial charge in [0.15, 0.2) is 11.6 Å². The second-order valence-corrected chi connectivity index (χ2v) is 5.50. The molecule has 6 nitrogen and oxygen atoms in total. The van der Waals surface area contributed by atoms with E-state index in [2.05, 4.69) is 17.4 Å². The quantitative estimate of drug-likeness (QED) is 0.651. The predicted octanol–water partition coefficient (Wildman–Crippen LogP) is 2.41. The van der Waals surface area contributed by atoms with Crippen LogP contribution in [-0.4, -0.2) is 34.7 Å². The van der Waals surface area contributed by atoms with Crippen molar-refractivity contribution in [3.63, 3.8) is 0 Å². The van der Waals surface area contributed by atoms with E-state index >= 15 is 0 Å². The van der Waals surface area contributed by atoms with Crippen LogP contribution in [0.5, 0.6) is 5.75 Å². The number of aromatic nitrogens is 1. The van der Waals surface area contributed by atoms with Crippen LogP contribution >= 0.6 is 0 Å². The fourth-order valence-corrected chi connectivity index (χ4v) is 2.55. The van der Waals surface area contributed by atoms with Crippen molar-refractivity contribution >= 4 is 22.7 Å². The summed E-state index contributed by atoms with van der Waals surface area (Å²) in [6, 6.07) is 2.60. The molecule has 0 unspecified atom stereocenters. The average Bonchev–Trinajstić information content (AvgIpc) is 3.37. The number of hydrogen-bond acceptors (Lipinski definition) is 4. The second-order valence-electron chi connectivity index (χ2n) is 5.50. The molecule has 1 N–H and O–H groups in total. The summed E-state index contributed by atoms with van der Waals surface area (Å²) in [6.45, 7) is 3.76. The van der Waals surface area contributed by atoms with Crippen LogP contribution in [0.4, 0.5) is 4.39 Å². The Morgan fingerprint density at radius 2 is 2.25 bits per heavy atom. The zero-order valence-electron chi connectivity index (χ0n) is 12.8. The van der Waals surface area contributed by atoms with Gasteiger partial charge in [0.2, 0.25) is 5.43 Å². The Bertz CT molecular complexity index is 924. The molecule has 1 heterocycles. The number of nitrogens with zero attached hydrogens (tertiary/aromatic N) is 2. The van der Waals surface area contributed by atoms with Gasteiger partial charge in [0.25, 0.3) is 0 Å². The molecule has 1 fully saturated rings. The first-order valence-corrected chi connectivity index (χ1v) is 7.46. The molecule has 3 rings (SSSR count). The van der Waals surface area contributed by atoms with Gasteiger partial charge in [0, 0.05) is 23.7 Å². The van der Waals surface area contributed by atoms with Crippen LogP contribution in [0.15, 0.2) is 34.7 Å². The summed E-state index contributed by atoms with van der Waals surface area (Å²) in [4.78, 5) is 27.3. The minimum atomic E-state index is -1.32. The molecular formula is C17H15FN2O4. The minimum absolute atomic E-state index is 0.00126. The number of pyridine rings is 1. The zero-order chi connectivity index (χ0) is 17.3. The number of hydrogen-bond donors (Lipinski definition) is 1. The molecule has 1 aromatic carbocycles. The highest BCUT2D eigenvalue weighted by Gasteiger charge is 2.27. The number of carboxylic acid groups (broad SMARTS) is 1. The first kappa shape index (κ1) is 16.0. The summed E-state index contributed by atoms with van der Waals surface area (Å²) in [6.07, 6.45) is 3.10. The molecular weight excluding hydrogens is 315 g/mol. The number of carbonyl (C=O) groups is 1. The molecule has 0 radical (unpaired) electrons. The molecule has 7 heteroatoms. The Morgan fingerprint density at radius 1 is 1.50 bits per heavy atom. The summed E-state index contributed by atoms with van der Waals surface area (Å²) in [5.41, 5.74) is -0.588. The average molecular weight is 330 g/mol. The van der Waals surface area contributed by atoms with Gasteiger partial charge >= 0.3 is 5.97 Å². The Labute approximate surface area is 136 Å². The third-order valence-corrected chi connectivity index (χ3v) is 3.83. The highest BCUT2D eigenvalue weighted by molar-refractivity contribution is 5.93. The molecule has 1 aliphatic carbocycles. The van der Waals surface area contributed by atoms with Gasteiger partial charge in [-0.05, 0) is 31.4 Å². The predicted molar refractivity (Wildman–Crippen MR) is 86.8 cm³/mol. The van der Waals surface area contributed by atoms with Crippen LogP contribution in [-0.2, 0) is 0 Å². The SMILES string of the molecule is C=C=NCCOc1cc2c(cc1F)c(=O)c(C(=O)O)cn2C1CC1. The molecule has 0 bridgehead atoms. The van der Waals surface area contributed by atoms with E-state index in [1.54, 1.807) is 4.57 Å². The van der Waals surface area contributed by atoms with Crippen molar-refractivity contribution in [2.75, 3.05) is 13.2 Å². The van der Waals surface area contributed by atoms with Gasteiger partial charge in [-0.15, -0.1) is 0 Å². The topological polar surface area (TPSA) is 80.9 Å². The Morgan fingerprint density at radius 3 is 2.88 bits per heavy atom. The standard InChI is InChI=1S/C17H15FN2O4/c1-2-19-5-6-24-15-8-14-11(7-13(15)18)16(21)12(17(22)23)9-20(14)10-3-4-10/h7-10H,1,3-6H2,(H,22,23). The third kappa shape index (κ3) is 2.94. The molecule has 1 aliphatic rings. The van der Waals surface area contributed by atoms with Gasteiger partial charge in [0.05, 0.1) is 12.1 Å². The fourth-order valence-electron chi connectivity index (χ4n) is 2.55. The molecule has 1 saturated carbocycles. The second kappa shape index (κ2) is 6.29. The maximum Gasteiger partial charge on any atom is 0.341 e. The van der Waals surface area contributed by atoms with Crippen LogP contribution < -0.4 is 10.2 Å². The van der Waals surface area contributed by atoms with Crippen molar-refractivity contribution in [1.29, 1.82) is 0 Å². The summed E-state index contributed by atoms with van der Waals surface area (Å²) in [5, 5.41) is 9.23. The molecule has 0 aliphatic heterocycles. The van der Waals surface area contributed by atoms with Crippen molar-refractivity contribution in [2.45, 2.75) is 18.9 Å². The van der Waals surface area contributed by atoms with Crippen LogP contribution in [0.2, 0.25) is 0 Å². The van der Waals surface area contributed by atoms with E-state index in [-0.39, 0.29) is 35.9 Å². The fraction of sp³-hybridized carbons (Fsp3) is 0.294. The van der Waals surface area contributed by atoms with Gasteiger partial charge < -0.3 is 14.4 Å². The maximum atomic E-state index is 14.2. The molecule has 0 amide bonds. The van der Waals surface area contributed by atoms with Crippen LogP contribution in [0.25, 0.3) is 10.9 Å². The number of aromatic carboxylic acids is 1. The first-order valence-electron chi connectivity index (χ1n) is 7.46. The highest BCUT2D eigenvalue weighted by atomic mass is 19.1. The smallest absolute Gasteiger partial charge is 0.341 e. The molecule has 24 heavy (non-hydrogen) atoms. The molecule has 0 atom stereocenters. The van der Waals surface area contributed by atoms with E-state index in [0.717, 1.165) is 18.9 Å². The van der Waals surface area contributed by atoms with E-state index in [4.69, 9.17) is 4.74 Å². The molecule has 0 spiro atoms. The molecule has 0 saturated heterocycles. The minimum Gasteiger partial charge on any atom is -0.488 e. The first-order chi connectivity index (χ1) is 11.5. The van der Waals surface area contributed by atoms with Crippen molar-refractivity contribution in [3.05, 3.63) is 46.5 Å². The van der Waals surface area contributed by atoms with Crippen LogP contribution in [0.3, 0.4) is 0 Å². The van der Waals surface area contributed by atoms with E-state index < -0.39 is 17.2 Å². The number of benzene rings is 1. The number of rotatable bonds is 6. The van der Waals surface area contributed by atoms with Crippen molar-refractivity contribution < 1.29 is 19.0 Å². The molecule has 2 aromatic rings. The Balaban J connectivity index is 2.12. The largest absolute Gasteiger partial charge is 0.488 e. The lowest BCUT2D eigenvalue weighted by Gasteiger charge is -2.13. The van der Waals surface area contributed by atoms with E-state index in [1.165, 1.54) is 12.3 Å². The lowest BCUT2D eigenvalue weighted by molar-refractivity contribution is 0.0695. The Kier molecular flexibility index (Phi) is 4.18. The van der Waals surface area contributed by atoms with Gasteiger partial charge in [0.1, 0.15) is 12.2 Å². The third-order valence-electron chi connectivity index (χ3n) is 3.83. The maximum absolute atomic E-state index is 14.2. The number of aliphatic imine (C=N–C) groups is 1. The number of fused-ring (bicyclic) bond motifs is 1. The highest BCUT2D eigenvalue weighted by Crippen LogP contribution is 2.38. The molecule has 124 valence electrons. The van der Waals surface area contributed by atoms with Gasteiger partial charge in [-0.3, -0.25) is 4.79 Å². The lowest BCUT2D eigenvalue weighted by atomic mass is 10.1. The van der Waals surface area contributed by atoms with Crippen molar-refractivity contribution in [1.82, 2.24) is 4.57 Å². The van der Waals surface area contributed by atoms with E-state index in [0.29, 0.717) is 5.52 Å². The summed E-state index contributed by atoms with van der Waals surface area (Å²) >= 11 is 0. The molecule has 1 aromatic heterocycles. The lowest BCUT2D eigenvalue weighted by Crippen LogP contribution is -2.19. The summed E-state index contributed by atoms with van der Waals surface area (Å²) in [7, 11) is 0. The van der Waals surface area contributed by atoms with Crippen LogP contribution in [0, 0.1) is 5.82 Å². The van der Waals surface area contributed by atoms with Gasteiger partial charge in [-0.2, -0.15) is 0 Å². The summed E-state index contributed by atoms with van der Waals surface area (Å²) < 4.78 is 21.3. The van der Waals surface area contributed by atoms with Crippen molar-refractivity contribution in [2.24, 2.45) is 4.99 Å². The number of carboxylic acids is 1. The van der Waals surface area contributed by atoms with Gasteiger partial charge in [-0.1, -0.05) is 0 Å². The number of halogens is 1. The van der Waals surface area contributed by atoms with E-state index in [1.807, 2.05) is 0 Å². The monoisotopic (exact) mass is 330 g/mol.